The number of carbonyl (C=O) groups excluding carboxylic acids is 1. The van der Waals surface area contributed by atoms with Gasteiger partial charge >= 0.3 is 0 Å². The van der Waals surface area contributed by atoms with E-state index in [9.17, 15) is 9.18 Å². The summed E-state index contributed by atoms with van der Waals surface area (Å²) in [6, 6.07) is 4.04. The molecule has 4 heteroatoms. The van der Waals surface area contributed by atoms with Crippen molar-refractivity contribution in [3.63, 3.8) is 0 Å². The van der Waals surface area contributed by atoms with Gasteiger partial charge in [-0.2, -0.15) is 0 Å². The van der Waals surface area contributed by atoms with Crippen molar-refractivity contribution in [1.29, 1.82) is 0 Å². The lowest BCUT2D eigenvalue weighted by Gasteiger charge is -2.08. The Kier molecular flexibility index (Phi) is 4.24. The molecule has 0 fully saturated rings. The van der Waals surface area contributed by atoms with Crippen molar-refractivity contribution in [1.82, 2.24) is 4.90 Å². The summed E-state index contributed by atoms with van der Waals surface area (Å²) in [5.74, 6) is -0.522. The first kappa shape index (κ1) is 12.1. The monoisotopic (exact) mass is 229 g/mol. The zero-order valence-electron chi connectivity index (χ0n) is 8.76. The molecule has 15 heavy (non-hydrogen) atoms. The Balaban J connectivity index is 2.70. The molecule has 1 aromatic rings. The Morgan fingerprint density at radius 3 is 2.67 bits per heavy atom. The van der Waals surface area contributed by atoms with Crippen molar-refractivity contribution in [2.24, 2.45) is 0 Å². The first-order valence-electron chi connectivity index (χ1n) is 4.63. The Bertz CT molecular complexity index is 366. The third kappa shape index (κ3) is 3.61. The number of hydrogen-bond acceptors (Lipinski definition) is 2. The standard InChI is InChI=1S/C11H13ClFNO/c1-14(2)6-5-11(15)8-3-4-10(13)9(12)7-8/h3-4,7H,5-6H2,1-2H3. The van der Waals surface area contributed by atoms with Gasteiger partial charge in [0, 0.05) is 18.5 Å². The first-order chi connectivity index (χ1) is 7.00. The van der Waals surface area contributed by atoms with Gasteiger partial charge in [0.05, 0.1) is 5.02 Å². The average molecular weight is 230 g/mol. The van der Waals surface area contributed by atoms with Crippen LogP contribution in [0.2, 0.25) is 5.02 Å². The summed E-state index contributed by atoms with van der Waals surface area (Å²) in [5, 5.41) is -0.00861. The van der Waals surface area contributed by atoms with Gasteiger partial charge in [-0.15, -0.1) is 0 Å². The van der Waals surface area contributed by atoms with Crippen LogP contribution in [0.4, 0.5) is 4.39 Å². The molecule has 0 saturated heterocycles. The lowest BCUT2D eigenvalue weighted by molar-refractivity contribution is 0.0972. The van der Waals surface area contributed by atoms with E-state index in [-0.39, 0.29) is 10.8 Å². The zero-order valence-corrected chi connectivity index (χ0v) is 9.51. The molecule has 2 nitrogen and oxygen atoms in total. The van der Waals surface area contributed by atoms with Gasteiger partial charge < -0.3 is 4.90 Å². The van der Waals surface area contributed by atoms with E-state index in [1.807, 2.05) is 19.0 Å². The topological polar surface area (TPSA) is 20.3 Å². The van der Waals surface area contributed by atoms with E-state index in [0.29, 0.717) is 18.5 Å². The molecule has 82 valence electrons. The van der Waals surface area contributed by atoms with Crippen LogP contribution >= 0.6 is 11.6 Å². The van der Waals surface area contributed by atoms with Gasteiger partial charge in [-0.3, -0.25) is 4.79 Å². The predicted octanol–water partition coefficient (Wildman–Crippen LogP) is 2.61. The number of Topliss-reactive ketones (excluding diaryl/α,β-unsaturated/α-hetero) is 1. The minimum absolute atomic E-state index is 0.00861. The number of nitrogens with zero attached hydrogens (tertiary/aromatic N) is 1. The van der Waals surface area contributed by atoms with E-state index < -0.39 is 5.82 Å². The summed E-state index contributed by atoms with van der Waals surface area (Å²) in [6.45, 7) is 0.674. The largest absolute Gasteiger partial charge is 0.309 e. The molecule has 0 saturated carbocycles. The van der Waals surface area contributed by atoms with Crippen molar-refractivity contribution in [2.75, 3.05) is 20.6 Å². The van der Waals surface area contributed by atoms with Crippen LogP contribution in [0.25, 0.3) is 0 Å². The summed E-state index contributed by atoms with van der Waals surface area (Å²) < 4.78 is 12.8. The summed E-state index contributed by atoms with van der Waals surface area (Å²) in [5.41, 5.74) is 0.461. The highest BCUT2D eigenvalue weighted by Crippen LogP contribution is 2.17. The fraction of sp³-hybridized carbons (Fsp3) is 0.364. The minimum Gasteiger partial charge on any atom is -0.309 e. The molecule has 0 unspecified atom stereocenters. The molecule has 0 N–H and O–H groups in total. The van der Waals surface area contributed by atoms with E-state index in [1.54, 1.807) is 0 Å². The highest BCUT2D eigenvalue weighted by molar-refractivity contribution is 6.31. The van der Waals surface area contributed by atoms with Gasteiger partial charge in [-0.25, -0.2) is 4.39 Å². The van der Waals surface area contributed by atoms with Crippen molar-refractivity contribution in [2.45, 2.75) is 6.42 Å². The second-order valence-corrected chi connectivity index (χ2v) is 4.01. The van der Waals surface area contributed by atoms with Crippen molar-refractivity contribution in [3.8, 4) is 0 Å². The van der Waals surface area contributed by atoms with Crippen molar-refractivity contribution in [3.05, 3.63) is 34.6 Å². The Hall–Kier alpha value is -0.930. The zero-order chi connectivity index (χ0) is 11.4. The summed E-state index contributed by atoms with van der Waals surface area (Å²) in [4.78, 5) is 13.5. The number of hydrogen-bond donors (Lipinski definition) is 0. The SMILES string of the molecule is CN(C)CCC(=O)c1ccc(F)c(Cl)c1. The minimum atomic E-state index is -0.499. The Morgan fingerprint density at radius 2 is 2.13 bits per heavy atom. The third-order valence-corrected chi connectivity index (χ3v) is 2.32. The summed E-state index contributed by atoms with van der Waals surface area (Å²) in [6.07, 6.45) is 0.412. The lowest BCUT2D eigenvalue weighted by Crippen LogP contribution is -2.16. The third-order valence-electron chi connectivity index (χ3n) is 2.03. The van der Waals surface area contributed by atoms with E-state index >= 15 is 0 Å². The Labute approximate surface area is 93.6 Å². The predicted molar refractivity (Wildman–Crippen MR) is 58.9 cm³/mol. The van der Waals surface area contributed by atoms with Crippen LogP contribution in [0.3, 0.4) is 0 Å². The molecule has 1 rings (SSSR count). The van der Waals surface area contributed by atoms with Crippen LogP contribution in [0.15, 0.2) is 18.2 Å². The smallest absolute Gasteiger partial charge is 0.164 e. The molecule has 0 radical (unpaired) electrons. The second-order valence-electron chi connectivity index (χ2n) is 3.61. The summed E-state index contributed by atoms with van der Waals surface area (Å²) in [7, 11) is 3.79. The second kappa shape index (κ2) is 5.24. The molecule has 0 spiro atoms. The van der Waals surface area contributed by atoms with E-state index in [4.69, 9.17) is 11.6 Å². The van der Waals surface area contributed by atoms with Crippen molar-refractivity contribution < 1.29 is 9.18 Å². The number of carbonyl (C=O) groups is 1. The molecule has 0 aliphatic carbocycles. The maximum absolute atomic E-state index is 12.8. The molecule has 0 heterocycles. The molecule has 0 aliphatic heterocycles. The van der Waals surface area contributed by atoms with Gasteiger partial charge in [0.15, 0.2) is 5.78 Å². The van der Waals surface area contributed by atoms with Gasteiger partial charge in [0.2, 0.25) is 0 Å². The van der Waals surface area contributed by atoms with Crippen LogP contribution in [-0.2, 0) is 0 Å². The van der Waals surface area contributed by atoms with Crippen LogP contribution in [0.5, 0.6) is 0 Å². The van der Waals surface area contributed by atoms with Crippen molar-refractivity contribution >= 4 is 17.4 Å². The molecular weight excluding hydrogens is 217 g/mol. The van der Waals surface area contributed by atoms with Gasteiger partial charge in [-0.05, 0) is 32.3 Å². The maximum Gasteiger partial charge on any atom is 0.164 e. The number of benzene rings is 1. The molecule has 0 atom stereocenters. The normalized spacial score (nSPS) is 10.7. The fourth-order valence-corrected chi connectivity index (χ4v) is 1.32. The van der Waals surface area contributed by atoms with Gasteiger partial charge in [-0.1, -0.05) is 11.6 Å². The maximum atomic E-state index is 12.8. The fourth-order valence-electron chi connectivity index (χ4n) is 1.14. The molecule has 0 aromatic heterocycles. The van der Waals surface area contributed by atoms with Gasteiger partial charge in [0.1, 0.15) is 5.82 Å². The molecular formula is C11H13ClFNO. The quantitative estimate of drug-likeness (QED) is 0.740. The highest BCUT2D eigenvalue weighted by Gasteiger charge is 2.08. The molecule has 0 bridgehead atoms. The van der Waals surface area contributed by atoms with Crippen LogP contribution in [0.1, 0.15) is 16.8 Å². The molecule has 0 amide bonds. The molecule has 0 aliphatic rings. The lowest BCUT2D eigenvalue weighted by atomic mass is 10.1. The number of ketones is 1. The van der Waals surface area contributed by atoms with E-state index in [1.165, 1.54) is 18.2 Å². The van der Waals surface area contributed by atoms with Gasteiger partial charge in [0.25, 0.3) is 0 Å². The van der Waals surface area contributed by atoms with Crippen LogP contribution < -0.4 is 0 Å². The Morgan fingerprint density at radius 1 is 1.47 bits per heavy atom. The van der Waals surface area contributed by atoms with Crippen LogP contribution in [0, 0.1) is 5.82 Å². The molecule has 1 aromatic carbocycles. The van der Waals surface area contributed by atoms with Crippen LogP contribution in [-0.4, -0.2) is 31.3 Å². The summed E-state index contributed by atoms with van der Waals surface area (Å²) >= 11 is 5.58. The number of halogens is 2. The highest BCUT2D eigenvalue weighted by atomic mass is 35.5. The average Bonchev–Trinajstić information content (AvgIpc) is 2.18. The van der Waals surface area contributed by atoms with E-state index in [0.717, 1.165) is 0 Å². The first-order valence-corrected chi connectivity index (χ1v) is 5.01. The number of rotatable bonds is 4. The van der Waals surface area contributed by atoms with E-state index in [2.05, 4.69) is 0 Å².